The minimum atomic E-state index is 0.221. The van der Waals surface area contributed by atoms with E-state index >= 15 is 0 Å². The average Bonchev–Trinajstić information content (AvgIpc) is 2.84. The molecule has 0 radical (unpaired) electrons. The van der Waals surface area contributed by atoms with Crippen molar-refractivity contribution in [1.82, 2.24) is 5.32 Å². The van der Waals surface area contributed by atoms with Crippen molar-refractivity contribution in [3.05, 3.63) is 11.1 Å². The highest BCUT2D eigenvalue weighted by atomic mass is 79.9. The molecule has 0 spiro atoms. The molecule has 5 heteroatoms. The van der Waals surface area contributed by atoms with Crippen LogP contribution in [0.1, 0.15) is 19.3 Å². The lowest BCUT2D eigenvalue weighted by Gasteiger charge is -2.14. The Morgan fingerprint density at radius 2 is 2.29 bits per heavy atom. The standard InChI is InChI=1S/C9H16BrN3O/c1-7(10)5-12-6-9(2-3-9)4-8(11)13-14/h12,14H,1-6H2,(H2,11,13). The Kier molecular flexibility index (Phi) is 3.95. The minimum Gasteiger partial charge on any atom is -0.409 e. The van der Waals surface area contributed by atoms with Gasteiger partial charge in [0.15, 0.2) is 0 Å². The van der Waals surface area contributed by atoms with E-state index in [2.05, 4.69) is 33.0 Å². The number of nitrogens with zero attached hydrogens (tertiary/aromatic N) is 1. The molecule has 1 aliphatic carbocycles. The van der Waals surface area contributed by atoms with Gasteiger partial charge in [0.2, 0.25) is 0 Å². The maximum atomic E-state index is 8.46. The molecule has 0 aromatic rings. The van der Waals surface area contributed by atoms with Gasteiger partial charge in [0.1, 0.15) is 5.84 Å². The second kappa shape index (κ2) is 4.79. The normalized spacial score (nSPS) is 19.4. The van der Waals surface area contributed by atoms with Crippen molar-refractivity contribution in [2.75, 3.05) is 13.1 Å². The van der Waals surface area contributed by atoms with Crippen molar-refractivity contribution in [2.24, 2.45) is 16.3 Å². The summed E-state index contributed by atoms with van der Waals surface area (Å²) < 4.78 is 0.942. The van der Waals surface area contributed by atoms with Crippen molar-refractivity contribution >= 4 is 21.8 Å². The molecule has 4 nitrogen and oxygen atoms in total. The van der Waals surface area contributed by atoms with Gasteiger partial charge in [-0.25, -0.2) is 0 Å². The van der Waals surface area contributed by atoms with Gasteiger partial charge < -0.3 is 16.3 Å². The first-order valence-corrected chi connectivity index (χ1v) is 5.38. The number of halogens is 1. The van der Waals surface area contributed by atoms with Gasteiger partial charge in [0.05, 0.1) is 0 Å². The van der Waals surface area contributed by atoms with Gasteiger partial charge in [0.25, 0.3) is 0 Å². The van der Waals surface area contributed by atoms with E-state index in [1.165, 1.54) is 0 Å². The third kappa shape index (κ3) is 3.67. The monoisotopic (exact) mass is 261 g/mol. The van der Waals surface area contributed by atoms with Crippen LogP contribution in [0.3, 0.4) is 0 Å². The van der Waals surface area contributed by atoms with Crippen LogP contribution in [0.4, 0.5) is 0 Å². The van der Waals surface area contributed by atoms with Crippen molar-refractivity contribution in [3.8, 4) is 0 Å². The van der Waals surface area contributed by atoms with Gasteiger partial charge in [-0.1, -0.05) is 27.7 Å². The third-order valence-corrected chi connectivity index (χ3v) is 2.74. The highest BCUT2D eigenvalue weighted by Gasteiger charge is 2.42. The van der Waals surface area contributed by atoms with Gasteiger partial charge >= 0.3 is 0 Å². The van der Waals surface area contributed by atoms with Crippen LogP contribution in [-0.2, 0) is 0 Å². The van der Waals surface area contributed by atoms with Gasteiger partial charge in [-0.15, -0.1) is 0 Å². The van der Waals surface area contributed by atoms with Crippen molar-refractivity contribution in [1.29, 1.82) is 0 Å². The topological polar surface area (TPSA) is 70.6 Å². The molecule has 0 aromatic carbocycles. The fourth-order valence-electron chi connectivity index (χ4n) is 1.48. The zero-order valence-corrected chi connectivity index (χ0v) is 9.68. The zero-order chi connectivity index (χ0) is 10.6. The molecule has 0 unspecified atom stereocenters. The number of oxime groups is 1. The van der Waals surface area contributed by atoms with Crippen LogP contribution < -0.4 is 11.1 Å². The van der Waals surface area contributed by atoms with Gasteiger partial charge in [-0.2, -0.15) is 0 Å². The molecule has 0 saturated heterocycles. The van der Waals surface area contributed by atoms with Crippen LogP contribution in [0, 0.1) is 5.41 Å². The summed E-state index contributed by atoms with van der Waals surface area (Å²) in [6.45, 7) is 5.40. The van der Waals surface area contributed by atoms with Crippen LogP contribution in [0.2, 0.25) is 0 Å². The summed E-state index contributed by atoms with van der Waals surface area (Å²) in [5, 5.41) is 14.7. The molecule has 0 bridgehead atoms. The van der Waals surface area contributed by atoms with E-state index in [0.717, 1.165) is 30.4 Å². The number of hydrogen-bond acceptors (Lipinski definition) is 3. The van der Waals surface area contributed by atoms with Crippen LogP contribution >= 0.6 is 15.9 Å². The fraction of sp³-hybridized carbons (Fsp3) is 0.667. The van der Waals surface area contributed by atoms with E-state index in [1.54, 1.807) is 0 Å². The maximum Gasteiger partial charge on any atom is 0.139 e. The highest BCUT2D eigenvalue weighted by Crippen LogP contribution is 2.48. The molecule has 14 heavy (non-hydrogen) atoms. The molecule has 1 fully saturated rings. The second-order valence-corrected chi connectivity index (χ2v) is 5.01. The lowest BCUT2D eigenvalue weighted by atomic mass is 10.0. The van der Waals surface area contributed by atoms with Gasteiger partial charge in [-0.05, 0) is 18.3 Å². The molecule has 1 aliphatic rings. The predicted molar refractivity (Wildman–Crippen MR) is 60.6 cm³/mol. The summed E-state index contributed by atoms with van der Waals surface area (Å²) in [6, 6.07) is 0. The average molecular weight is 262 g/mol. The first-order chi connectivity index (χ1) is 6.58. The summed E-state index contributed by atoms with van der Waals surface area (Å²) in [5.74, 6) is 0.321. The number of hydrogen-bond donors (Lipinski definition) is 3. The van der Waals surface area contributed by atoms with Gasteiger partial charge in [0, 0.05) is 24.0 Å². The number of amidine groups is 1. The summed E-state index contributed by atoms with van der Waals surface area (Å²) in [5.41, 5.74) is 5.70. The largest absolute Gasteiger partial charge is 0.409 e. The quantitative estimate of drug-likeness (QED) is 0.293. The Hall–Kier alpha value is -0.550. The molecule has 80 valence electrons. The SMILES string of the molecule is C=C(Br)CNCC1(CC(N)=NO)CC1. The highest BCUT2D eigenvalue weighted by molar-refractivity contribution is 9.11. The van der Waals surface area contributed by atoms with E-state index in [1.807, 2.05) is 0 Å². The van der Waals surface area contributed by atoms with Crippen molar-refractivity contribution < 1.29 is 5.21 Å². The molecule has 4 N–H and O–H groups in total. The number of nitrogens with one attached hydrogen (secondary N) is 1. The Morgan fingerprint density at radius 3 is 2.71 bits per heavy atom. The van der Waals surface area contributed by atoms with Gasteiger partial charge in [-0.3, -0.25) is 0 Å². The molecule has 1 rings (SSSR count). The smallest absolute Gasteiger partial charge is 0.139 e. The molecule has 0 aromatic heterocycles. The van der Waals surface area contributed by atoms with E-state index in [9.17, 15) is 0 Å². The summed E-state index contributed by atoms with van der Waals surface area (Å²) in [4.78, 5) is 0. The summed E-state index contributed by atoms with van der Waals surface area (Å²) >= 11 is 3.28. The summed E-state index contributed by atoms with van der Waals surface area (Å²) in [7, 11) is 0. The summed E-state index contributed by atoms with van der Waals surface area (Å²) in [6.07, 6.45) is 2.96. The molecule has 0 atom stereocenters. The second-order valence-electron chi connectivity index (χ2n) is 3.89. The fourth-order valence-corrected chi connectivity index (χ4v) is 1.67. The van der Waals surface area contributed by atoms with Crippen molar-refractivity contribution in [3.63, 3.8) is 0 Å². The maximum absolute atomic E-state index is 8.46. The first kappa shape index (κ1) is 11.5. The number of nitrogens with two attached hydrogens (primary N) is 1. The van der Waals surface area contributed by atoms with Crippen LogP contribution in [0.15, 0.2) is 16.2 Å². The molecular formula is C9H16BrN3O. The minimum absolute atomic E-state index is 0.221. The molecule has 0 aliphatic heterocycles. The van der Waals surface area contributed by atoms with Crippen LogP contribution in [0.25, 0.3) is 0 Å². The third-order valence-electron chi connectivity index (χ3n) is 2.46. The van der Waals surface area contributed by atoms with E-state index in [0.29, 0.717) is 12.3 Å². The Balaban J connectivity index is 2.25. The molecule has 1 saturated carbocycles. The Morgan fingerprint density at radius 1 is 1.64 bits per heavy atom. The lowest BCUT2D eigenvalue weighted by molar-refractivity contribution is 0.314. The molecule has 0 heterocycles. The van der Waals surface area contributed by atoms with E-state index in [-0.39, 0.29) is 5.41 Å². The van der Waals surface area contributed by atoms with Crippen LogP contribution in [-0.4, -0.2) is 24.1 Å². The Labute approximate surface area is 92.4 Å². The van der Waals surface area contributed by atoms with E-state index < -0.39 is 0 Å². The predicted octanol–water partition coefficient (Wildman–Crippen LogP) is 1.40. The van der Waals surface area contributed by atoms with Crippen LogP contribution in [0.5, 0.6) is 0 Å². The van der Waals surface area contributed by atoms with Crippen molar-refractivity contribution in [2.45, 2.75) is 19.3 Å². The Bertz CT molecular complexity index is 248. The molecule has 0 amide bonds. The lowest BCUT2D eigenvalue weighted by Crippen LogP contribution is -2.29. The zero-order valence-electron chi connectivity index (χ0n) is 8.09. The first-order valence-electron chi connectivity index (χ1n) is 4.58. The number of rotatable bonds is 6. The molecular weight excluding hydrogens is 246 g/mol. The van der Waals surface area contributed by atoms with E-state index in [4.69, 9.17) is 10.9 Å².